The van der Waals surface area contributed by atoms with E-state index in [1.54, 1.807) is 0 Å². The summed E-state index contributed by atoms with van der Waals surface area (Å²) in [5, 5.41) is 0. The molecule has 2 bridgehead atoms. The van der Waals surface area contributed by atoms with Crippen LogP contribution in [-0.2, 0) is 4.74 Å². The highest BCUT2D eigenvalue weighted by molar-refractivity contribution is 5.98. The molecule has 6 heteroatoms. The van der Waals surface area contributed by atoms with Crippen LogP contribution in [0.1, 0.15) is 65.9 Å². The van der Waals surface area contributed by atoms with Gasteiger partial charge in [-0.15, -0.1) is 0 Å². The number of fused-ring (bicyclic) bond motifs is 6. The Kier molecular flexibility index (Phi) is 6.26. The first-order chi connectivity index (χ1) is 19.2. The van der Waals surface area contributed by atoms with Crippen LogP contribution in [-0.4, -0.2) is 48.7 Å². The quantitative estimate of drug-likeness (QED) is 0.360. The van der Waals surface area contributed by atoms with E-state index in [-0.39, 0.29) is 35.8 Å². The van der Waals surface area contributed by atoms with Gasteiger partial charge in [0.05, 0.1) is 13.2 Å². The summed E-state index contributed by atoms with van der Waals surface area (Å²) in [6.45, 7) is 1.54. The van der Waals surface area contributed by atoms with E-state index >= 15 is 0 Å². The zero-order valence-electron chi connectivity index (χ0n) is 22.0. The van der Waals surface area contributed by atoms with Gasteiger partial charge in [-0.25, -0.2) is 4.79 Å². The van der Waals surface area contributed by atoms with Gasteiger partial charge >= 0.3 is 6.09 Å². The van der Waals surface area contributed by atoms with Crippen LogP contribution in [0, 0.1) is 5.92 Å². The molecular weight excluding hydrogens is 490 g/mol. The Balaban J connectivity index is 1.05. The fourth-order valence-corrected chi connectivity index (χ4v) is 7.11. The van der Waals surface area contributed by atoms with Crippen molar-refractivity contribution in [1.29, 1.82) is 0 Å². The molecule has 6 nitrogen and oxygen atoms in total. The number of ketones is 1. The average Bonchev–Trinajstić information content (AvgIpc) is 3.10. The molecule has 2 atom stereocenters. The second-order valence-electron chi connectivity index (χ2n) is 11.2. The van der Waals surface area contributed by atoms with E-state index in [9.17, 15) is 9.59 Å². The highest BCUT2D eigenvalue weighted by atomic mass is 16.6. The minimum Gasteiger partial charge on any atom is -0.490 e. The number of carbonyl (C=O) groups is 2. The largest absolute Gasteiger partial charge is 0.490 e. The predicted molar refractivity (Wildman–Crippen MR) is 147 cm³/mol. The van der Waals surface area contributed by atoms with Crippen LogP contribution in [0.15, 0.2) is 66.7 Å². The highest BCUT2D eigenvalue weighted by Gasteiger charge is 2.44. The van der Waals surface area contributed by atoms with Gasteiger partial charge < -0.3 is 19.1 Å². The summed E-state index contributed by atoms with van der Waals surface area (Å²) in [5.41, 5.74) is 5.54. The van der Waals surface area contributed by atoms with E-state index in [0.717, 1.165) is 25.7 Å². The van der Waals surface area contributed by atoms with Crippen LogP contribution in [0.4, 0.5) is 4.79 Å². The van der Waals surface area contributed by atoms with E-state index in [2.05, 4.69) is 48.5 Å². The maximum absolute atomic E-state index is 13.6. The summed E-state index contributed by atoms with van der Waals surface area (Å²) >= 11 is 0. The summed E-state index contributed by atoms with van der Waals surface area (Å²) in [4.78, 5) is 29.1. The third-order valence-electron chi connectivity index (χ3n) is 8.92. The number of hydrogen-bond acceptors (Lipinski definition) is 5. The van der Waals surface area contributed by atoms with Gasteiger partial charge in [-0.1, -0.05) is 48.5 Å². The molecule has 2 unspecified atom stereocenters. The van der Waals surface area contributed by atoms with Crippen molar-refractivity contribution < 1.29 is 23.8 Å². The van der Waals surface area contributed by atoms with Gasteiger partial charge in [-0.2, -0.15) is 0 Å². The monoisotopic (exact) mass is 523 g/mol. The van der Waals surface area contributed by atoms with Crippen molar-refractivity contribution in [2.45, 2.75) is 56.5 Å². The standard InChI is InChI=1S/C33H33NO5/c35-32(21-13-14-30-31(19-21)38-16-6-15-37-30)22-17-23-7-5-8-24(18-22)34(23)33(36)39-20-29-27-11-3-1-9-25(27)26-10-2-4-12-28(26)29/h1-4,9-14,19,22-24,29H,5-8,15-18,20H2. The van der Waals surface area contributed by atoms with E-state index in [1.165, 1.54) is 22.3 Å². The number of carbonyl (C=O) groups excluding carboxylic acids is 2. The molecule has 3 aromatic rings. The molecule has 0 spiro atoms. The Morgan fingerprint density at radius 2 is 1.44 bits per heavy atom. The van der Waals surface area contributed by atoms with E-state index in [0.29, 0.717) is 49.7 Å². The van der Waals surface area contributed by atoms with Crippen molar-refractivity contribution in [2.75, 3.05) is 19.8 Å². The van der Waals surface area contributed by atoms with Crippen LogP contribution in [0.3, 0.4) is 0 Å². The fourth-order valence-electron chi connectivity index (χ4n) is 7.11. The molecule has 3 aliphatic heterocycles. The molecule has 4 aliphatic rings. The third-order valence-corrected chi connectivity index (χ3v) is 8.92. The van der Waals surface area contributed by atoms with Gasteiger partial charge in [0.2, 0.25) is 0 Å². The Morgan fingerprint density at radius 1 is 0.795 bits per heavy atom. The number of hydrogen-bond donors (Lipinski definition) is 0. The van der Waals surface area contributed by atoms with Gasteiger partial charge in [-0.05, 0) is 72.6 Å². The second-order valence-corrected chi connectivity index (χ2v) is 11.2. The Bertz CT molecular complexity index is 1360. The van der Waals surface area contributed by atoms with Crippen LogP contribution >= 0.6 is 0 Å². The summed E-state index contributed by atoms with van der Waals surface area (Å²) in [7, 11) is 0. The first-order valence-corrected chi connectivity index (χ1v) is 14.2. The van der Waals surface area contributed by atoms with Crippen LogP contribution in [0.25, 0.3) is 11.1 Å². The Morgan fingerprint density at radius 3 is 2.13 bits per heavy atom. The molecule has 2 fully saturated rings. The number of nitrogens with zero attached hydrogens (tertiary/aromatic N) is 1. The molecule has 2 saturated heterocycles. The first-order valence-electron chi connectivity index (χ1n) is 14.2. The normalized spacial score (nSPS) is 23.4. The predicted octanol–water partition coefficient (Wildman–Crippen LogP) is 6.61. The maximum atomic E-state index is 13.6. The molecule has 1 aliphatic carbocycles. The van der Waals surface area contributed by atoms with Crippen molar-refractivity contribution in [3.05, 3.63) is 83.4 Å². The van der Waals surface area contributed by atoms with Crippen LogP contribution in [0.5, 0.6) is 11.5 Å². The van der Waals surface area contributed by atoms with Crippen molar-refractivity contribution in [3.8, 4) is 22.6 Å². The molecular formula is C33H33NO5. The maximum Gasteiger partial charge on any atom is 0.410 e. The number of piperidine rings is 2. The molecule has 1 amide bonds. The van der Waals surface area contributed by atoms with Crippen LogP contribution < -0.4 is 9.47 Å². The van der Waals surface area contributed by atoms with Gasteiger partial charge in [0.1, 0.15) is 6.61 Å². The average molecular weight is 524 g/mol. The number of benzene rings is 3. The number of rotatable bonds is 4. The van der Waals surface area contributed by atoms with Gasteiger partial charge in [0.25, 0.3) is 0 Å². The third kappa shape index (κ3) is 4.36. The molecule has 0 saturated carbocycles. The van der Waals surface area contributed by atoms with E-state index < -0.39 is 0 Å². The summed E-state index contributed by atoms with van der Waals surface area (Å²) in [5.74, 6) is 1.41. The topological polar surface area (TPSA) is 65.1 Å². The lowest BCUT2D eigenvalue weighted by molar-refractivity contribution is 0.00650. The van der Waals surface area contributed by atoms with Crippen molar-refractivity contribution in [3.63, 3.8) is 0 Å². The summed E-state index contributed by atoms with van der Waals surface area (Å²) < 4.78 is 17.6. The Labute approximate surface area is 228 Å². The zero-order valence-corrected chi connectivity index (χ0v) is 22.0. The lowest BCUT2D eigenvalue weighted by atomic mass is 9.76. The molecule has 39 heavy (non-hydrogen) atoms. The van der Waals surface area contributed by atoms with Gasteiger partial charge in [0, 0.05) is 35.9 Å². The van der Waals surface area contributed by atoms with Crippen molar-refractivity contribution in [1.82, 2.24) is 4.90 Å². The lowest BCUT2D eigenvalue weighted by Gasteiger charge is -2.47. The zero-order chi connectivity index (χ0) is 26.3. The molecule has 0 N–H and O–H groups in total. The highest BCUT2D eigenvalue weighted by Crippen LogP contribution is 2.45. The number of Topliss-reactive ketones (excluding diaryl/α,β-unsaturated/α-hetero) is 1. The Hall–Kier alpha value is -3.80. The molecule has 3 aromatic carbocycles. The molecule has 0 aromatic heterocycles. The van der Waals surface area contributed by atoms with Crippen molar-refractivity contribution >= 4 is 11.9 Å². The molecule has 200 valence electrons. The van der Waals surface area contributed by atoms with E-state index in [4.69, 9.17) is 14.2 Å². The lowest BCUT2D eigenvalue weighted by Crippen LogP contribution is -2.55. The summed E-state index contributed by atoms with van der Waals surface area (Å²) in [6, 6.07) is 22.4. The van der Waals surface area contributed by atoms with Gasteiger partial charge in [0.15, 0.2) is 17.3 Å². The van der Waals surface area contributed by atoms with Crippen LogP contribution in [0.2, 0.25) is 0 Å². The molecule has 0 radical (unpaired) electrons. The molecule has 7 rings (SSSR count). The smallest absolute Gasteiger partial charge is 0.410 e. The van der Waals surface area contributed by atoms with Crippen molar-refractivity contribution in [2.24, 2.45) is 5.92 Å². The molecule has 3 heterocycles. The number of ether oxygens (including phenoxy) is 3. The second kappa shape index (κ2) is 10.1. The fraction of sp³-hybridized carbons (Fsp3) is 0.394. The van der Waals surface area contributed by atoms with E-state index in [1.807, 2.05) is 23.1 Å². The minimum atomic E-state index is -0.243. The first kappa shape index (κ1) is 24.3. The number of amides is 1. The summed E-state index contributed by atoms with van der Waals surface area (Å²) in [6.07, 6.45) is 4.83. The SMILES string of the molecule is O=C(c1ccc2c(c1)OCCCO2)C1CC2CCCC(C1)N2C(=O)OCC1c2ccccc2-c2ccccc21. The minimum absolute atomic E-state index is 0.0301. The van der Waals surface area contributed by atoms with Gasteiger partial charge in [-0.3, -0.25) is 4.79 Å².